The number of hydrogen-bond acceptors (Lipinski definition) is 2. The van der Waals surface area contributed by atoms with E-state index in [1.807, 2.05) is 0 Å². The van der Waals surface area contributed by atoms with Crippen molar-refractivity contribution >= 4 is 0 Å². The number of hydrogen-bond donors (Lipinski definition) is 1. The molecule has 2 nitrogen and oxygen atoms in total. The Kier molecular flexibility index (Phi) is 7.14. The summed E-state index contributed by atoms with van der Waals surface area (Å²) in [6, 6.07) is 0. The molecule has 1 N–H and O–H groups in total. The van der Waals surface area contributed by atoms with Gasteiger partial charge in [0, 0.05) is 13.1 Å². The minimum atomic E-state index is 0.549. The van der Waals surface area contributed by atoms with Crippen LogP contribution < -0.4 is 5.32 Å². The molecular weight excluding hydrogens is 208 g/mol. The van der Waals surface area contributed by atoms with Crippen LogP contribution in [0.15, 0.2) is 0 Å². The lowest BCUT2D eigenvalue weighted by atomic mass is 9.79. The van der Waals surface area contributed by atoms with Gasteiger partial charge in [0.1, 0.15) is 0 Å². The fourth-order valence-corrected chi connectivity index (χ4v) is 3.32. The normalized spacial score (nSPS) is 20.5. The largest absolute Gasteiger partial charge is 0.319 e. The van der Waals surface area contributed by atoms with Crippen LogP contribution in [0.2, 0.25) is 0 Å². The molecule has 1 aliphatic carbocycles. The molecule has 0 atom stereocenters. The van der Waals surface area contributed by atoms with Crippen molar-refractivity contribution in [3.63, 3.8) is 0 Å². The molecule has 0 aliphatic heterocycles. The maximum Gasteiger partial charge on any atom is 0.00471 e. The first kappa shape index (κ1) is 15.0. The molecule has 1 aliphatic rings. The molecule has 1 rings (SSSR count). The Morgan fingerprint density at radius 1 is 1.12 bits per heavy atom. The van der Waals surface area contributed by atoms with Crippen molar-refractivity contribution in [3.8, 4) is 0 Å². The van der Waals surface area contributed by atoms with Gasteiger partial charge in [-0.1, -0.05) is 39.0 Å². The quantitative estimate of drug-likeness (QED) is 0.687. The standard InChI is InChI=1S/C15H32N2/c1-4-5-12-17(3)14-15(13-16-2)10-8-6-7-9-11-15/h16H,4-14H2,1-3H3. The van der Waals surface area contributed by atoms with Crippen molar-refractivity contribution in [2.45, 2.75) is 58.3 Å². The molecule has 0 aromatic heterocycles. The van der Waals surface area contributed by atoms with E-state index in [1.54, 1.807) is 0 Å². The maximum absolute atomic E-state index is 3.44. The zero-order valence-corrected chi connectivity index (χ0v) is 12.2. The van der Waals surface area contributed by atoms with E-state index in [9.17, 15) is 0 Å². The van der Waals surface area contributed by atoms with Crippen LogP contribution in [-0.4, -0.2) is 38.6 Å². The lowest BCUT2D eigenvalue weighted by molar-refractivity contribution is 0.148. The van der Waals surface area contributed by atoms with Crippen LogP contribution >= 0.6 is 0 Å². The molecule has 0 amide bonds. The van der Waals surface area contributed by atoms with Crippen molar-refractivity contribution in [1.82, 2.24) is 10.2 Å². The highest BCUT2D eigenvalue weighted by molar-refractivity contribution is 4.86. The van der Waals surface area contributed by atoms with Gasteiger partial charge >= 0.3 is 0 Å². The zero-order valence-electron chi connectivity index (χ0n) is 12.2. The molecule has 0 aromatic carbocycles. The Morgan fingerprint density at radius 3 is 2.29 bits per heavy atom. The summed E-state index contributed by atoms with van der Waals surface area (Å²) in [6.07, 6.45) is 11.3. The number of rotatable bonds is 7. The zero-order chi connectivity index (χ0) is 12.6. The summed E-state index contributed by atoms with van der Waals surface area (Å²) < 4.78 is 0. The summed E-state index contributed by atoms with van der Waals surface area (Å²) >= 11 is 0. The molecule has 1 fully saturated rings. The van der Waals surface area contributed by atoms with Gasteiger partial charge in [-0.2, -0.15) is 0 Å². The second-order valence-electron chi connectivity index (χ2n) is 6.04. The highest BCUT2D eigenvalue weighted by atomic mass is 15.1. The first-order valence-corrected chi connectivity index (χ1v) is 7.55. The van der Waals surface area contributed by atoms with Gasteiger partial charge in [-0.05, 0) is 45.3 Å². The van der Waals surface area contributed by atoms with Gasteiger partial charge in [0.2, 0.25) is 0 Å². The van der Waals surface area contributed by atoms with E-state index in [2.05, 4.69) is 31.2 Å². The van der Waals surface area contributed by atoms with E-state index in [4.69, 9.17) is 0 Å². The molecule has 0 heterocycles. The molecule has 0 spiro atoms. The summed E-state index contributed by atoms with van der Waals surface area (Å²) in [5, 5.41) is 3.44. The molecule has 0 unspecified atom stereocenters. The summed E-state index contributed by atoms with van der Waals surface area (Å²) in [7, 11) is 4.41. The Labute approximate surface area is 108 Å². The minimum absolute atomic E-state index is 0.549. The monoisotopic (exact) mass is 240 g/mol. The van der Waals surface area contributed by atoms with E-state index < -0.39 is 0 Å². The number of nitrogens with zero attached hydrogens (tertiary/aromatic N) is 1. The van der Waals surface area contributed by atoms with Crippen molar-refractivity contribution in [2.75, 3.05) is 33.7 Å². The maximum atomic E-state index is 3.44. The number of unbranched alkanes of at least 4 members (excludes halogenated alkanes) is 1. The highest BCUT2D eigenvalue weighted by Gasteiger charge is 2.31. The van der Waals surface area contributed by atoms with Crippen LogP contribution in [0.5, 0.6) is 0 Å². The molecule has 0 radical (unpaired) electrons. The van der Waals surface area contributed by atoms with Gasteiger partial charge in [0.05, 0.1) is 0 Å². The molecule has 17 heavy (non-hydrogen) atoms. The predicted molar refractivity (Wildman–Crippen MR) is 76.5 cm³/mol. The van der Waals surface area contributed by atoms with Crippen LogP contribution in [0.1, 0.15) is 58.3 Å². The number of nitrogens with one attached hydrogen (secondary N) is 1. The summed E-state index contributed by atoms with van der Waals surface area (Å²) in [6.45, 7) is 6.03. The van der Waals surface area contributed by atoms with E-state index in [0.717, 1.165) is 0 Å². The summed E-state index contributed by atoms with van der Waals surface area (Å²) in [4.78, 5) is 2.56. The third-order valence-corrected chi connectivity index (χ3v) is 4.21. The second kappa shape index (κ2) is 8.10. The van der Waals surface area contributed by atoms with Crippen LogP contribution in [0, 0.1) is 5.41 Å². The van der Waals surface area contributed by atoms with Crippen molar-refractivity contribution in [1.29, 1.82) is 0 Å². The average molecular weight is 240 g/mol. The minimum Gasteiger partial charge on any atom is -0.319 e. The van der Waals surface area contributed by atoms with Crippen molar-refractivity contribution < 1.29 is 0 Å². The van der Waals surface area contributed by atoms with Crippen molar-refractivity contribution in [2.24, 2.45) is 5.41 Å². The van der Waals surface area contributed by atoms with E-state index in [1.165, 1.54) is 71.0 Å². The Bertz CT molecular complexity index is 183. The molecule has 0 bridgehead atoms. The van der Waals surface area contributed by atoms with Crippen LogP contribution in [-0.2, 0) is 0 Å². The van der Waals surface area contributed by atoms with Gasteiger partial charge in [-0.25, -0.2) is 0 Å². The predicted octanol–water partition coefficient (Wildman–Crippen LogP) is 3.28. The summed E-state index contributed by atoms with van der Waals surface area (Å²) in [5.74, 6) is 0. The molecular formula is C15H32N2. The molecule has 2 heteroatoms. The van der Waals surface area contributed by atoms with Gasteiger partial charge < -0.3 is 10.2 Å². The van der Waals surface area contributed by atoms with Gasteiger partial charge in [-0.15, -0.1) is 0 Å². The fraction of sp³-hybridized carbons (Fsp3) is 1.00. The van der Waals surface area contributed by atoms with Crippen LogP contribution in [0.25, 0.3) is 0 Å². The lowest BCUT2D eigenvalue weighted by Gasteiger charge is -2.36. The summed E-state index contributed by atoms with van der Waals surface area (Å²) in [5.41, 5.74) is 0.549. The Hall–Kier alpha value is -0.0800. The third-order valence-electron chi connectivity index (χ3n) is 4.21. The molecule has 0 aromatic rings. The first-order valence-electron chi connectivity index (χ1n) is 7.55. The third kappa shape index (κ3) is 5.39. The van der Waals surface area contributed by atoms with E-state index in [-0.39, 0.29) is 0 Å². The van der Waals surface area contributed by atoms with Crippen molar-refractivity contribution in [3.05, 3.63) is 0 Å². The van der Waals surface area contributed by atoms with Crippen LogP contribution in [0.4, 0.5) is 0 Å². The SMILES string of the molecule is CCCCN(C)CC1(CNC)CCCCCC1. The van der Waals surface area contributed by atoms with E-state index in [0.29, 0.717) is 5.41 Å². The molecule has 0 saturated heterocycles. The Balaban J connectivity index is 2.49. The van der Waals surface area contributed by atoms with Gasteiger partial charge in [0.15, 0.2) is 0 Å². The smallest absolute Gasteiger partial charge is 0.00471 e. The average Bonchev–Trinajstić information content (AvgIpc) is 2.53. The topological polar surface area (TPSA) is 15.3 Å². The fourth-order valence-electron chi connectivity index (χ4n) is 3.32. The van der Waals surface area contributed by atoms with E-state index >= 15 is 0 Å². The Morgan fingerprint density at radius 2 is 1.76 bits per heavy atom. The van der Waals surface area contributed by atoms with Gasteiger partial charge in [0.25, 0.3) is 0 Å². The molecule has 102 valence electrons. The lowest BCUT2D eigenvalue weighted by Crippen LogP contribution is -2.42. The van der Waals surface area contributed by atoms with Crippen LogP contribution in [0.3, 0.4) is 0 Å². The first-order chi connectivity index (χ1) is 8.22. The van der Waals surface area contributed by atoms with Gasteiger partial charge in [-0.3, -0.25) is 0 Å². The highest BCUT2D eigenvalue weighted by Crippen LogP contribution is 2.35. The molecule has 1 saturated carbocycles. The second-order valence-corrected chi connectivity index (χ2v) is 6.04.